The maximum atomic E-state index is 9.03. The lowest BCUT2D eigenvalue weighted by Gasteiger charge is -2.42. The third-order valence-electron chi connectivity index (χ3n) is 8.34. The minimum atomic E-state index is 0.167. The zero-order chi connectivity index (χ0) is 26.5. The molecule has 1 fully saturated rings. The summed E-state index contributed by atoms with van der Waals surface area (Å²) in [6, 6.07) is 11.2. The Balaban J connectivity index is 1.57. The van der Waals surface area contributed by atoms with E-state index < -0.39 is 0 Å². The second-order valence-electron chi connectivity index (χ2n) is 12.0. The molecule has 4 rings (SSSR count). The van der Waals surface area contributed by atoms with E-state index in [4.69, 9.17) is 19.6 Å². The number of hydrogen-bond donors (Lipinski definition) is 1. The Labute approximate surface area is 224 Å². The van der Waals surface area contributed by atoms with Crippen LogP contribution >= 0.6 is 0 Å². The fraction of sp³-hybridized carbons (Fsp3) is 0.645. The van der Waals surface area contributed by atoms with Crippen LogP contribution in [0.1, 0.15) is 70.9 Å². The van der Waals surface area contributed by atoms with Gasteiger partial charge in [-0.2, -0.15) is 0 Å². The van der Waals surface area contributed by atoms with Crippen molar-refractivity contribution in [2.45, 2.75) is 70.6 Å². The highest BCUT2D eigenvalue weighted by molar-refractivity contribution is 5.67. The number of fused-ring (bicyclic) bond motifs is 1. The van der Waals surface area contributed by atoms with Crippen molar-refractivity contribution < 1.29 is 14.6 Å². The normalized spacial score (nSPS) is 19.0. The van der Waals surface area contributed by atoms with Crippen LogP contribution in [0.25, 0.3) is 11.3 Å². The molecule has 1 aromatic carbocycles. The van der Waals surface area contributed by atoms with Crippen molar-refractivity contribution in [3.05, 3.63) is 41.5 Å². The summed E-state index contributed by atoms with van der Waals surface area (Å²) >= 11 is 0. The number of aromatic nitrogens is 1. The van der Waals surface area contributed by atoms with Gasteiger partial charge in [-0.15, -0.1) is 0 Å². The van der Waals surface area contributed by atoms with E-state index in [1.165, 1.54) is 29.5 Å². The summed E-state index contributed by atoms with van der Waals surface area (Å²) in [6.07, 6.45) is 5.55. The minimum Gasteiger partial charge on any atom is -0.487 e. The molecule has 204 valence electrons. The number of ether oxygens (including phenoxy) is 2. The first kappa shape index (κ1) is 27.9. The molecule has 0 unspecified atom stereocenters. The minimum absolute atomic E-state index is 0.167. The average molecular weight is 510 g/mol. The number of hydrogen-bond acceptors (Lipinski definition) is 6. The molecular weight excluding hydrogens is 462 g/mol. The fourth-order valence-corrected chi connectivity index (χ4v) is 5.73. The van der Waals surface area contributed by atoms with Crippen LogP contribution in [0, 0.1) is 0 Å². The second kappa shape index (κ2) is 12.1. The van der Waals surface area contributed by atoms with Gasteiger partial charge in [-0.3, -0.25) is 4.90 Å². The van der Waals surface area contributed by atoms with Crippen LogP contribution < -0.4 is 9.64 Å². The Kier molecular flexibility index (Phi) is 9.15. The average Bonchev–Trinajstić information content (AvgIpc) is 2.90. The van der Waals surface area contributed by atoms with E-state index in [9.17, 15) is 0 Å². The molecule has 0 bridgehead atoms. The van der Waals surface area contributed by atoms with Gasteiger partial charge in [0, 0.05) is 45.5 Å². The summed E-state index contributed by atoms with van der Waals surface area (Å²) in [4.78, 5) is 10.1. The van der Waals surface area contributed by atoms with Gasteiger partial charge in [0.05, 0.1) is 12.3 Å². The van der Waals surface area contributed by atoms with Crippen LogP contribution in [-0.2, 0) is 15.6 Å². The van der Waals surface area contributed by atoms with Crippen molar-refractivity contribution in [3.8, 4) is 17.0 Å². The zero-order valence-electron chi connectivity index (χ0n) is 23.7. The first-order chi connectivity index (χ1) is 17.7. The molecule has 1 saturated heterocycles. The van der Waals surface area contributed by atoms with E-state index in [2.05, 4.69) is 67.8 Å². The molecule has 6 nitrogen and oxygen atoms in total. The highest BCUT2D eigenvalue weighted by Crippen LogP contribution is 2.46. The lowest BCUT2D eigenvalue weighted by atomic mass is 9.63. The molecule has 6 heteroatoms. The van der Waals surface area contributed by atoms with Gasteiger partial charge in [-0.05, 0) is 78.8 Å². The fourth-order valence-electron chi connectivity index (χ4n) is 5.73. The largest absolute Gasteiger partial charge is 0.487 e. The second-order valence-corrected chi connectivity index (χ2v) is 12.0. The molecule has 2 aliphatic rings. The topological polar surface area (TPSA) is 58.1 Å². The SMILES string of the molecule is COCCOc1ccc(-c2ccc3c(c2)C(C)(C)CCC3(C)C)nc1N1CCN(CCCCCO)CC1. The first-order valence-corrected chi connectivity index (χ1v) is 14.1. The predicted molar refractivity (Wildman–Crippen MR) is 152 cm³/mol. The molecule has 0 amide bonds. The zero-order valence-corrected chi connectivity index (χ0v) is 23.7. The van der Waals surface area contributed by atoms with Crippen molar-refractivity contribution in [2.24, 2.45) is 0 Å². The van der Waals surface area contributed by atoms with E-state index in [0.717, 1.165) is 69.2 Å². The molecule has 0 atom stereocenters. The summed E-state index contributed by atoms with van der Waals surface area (Å²) < 4.78 is 11.3. The van der Waals surface area contributed by atoms with E-state index >= 15 is 0 Å². The van der Waals surface area contributed by atoms with Crippen molar-refractivity contribution >= 4 is 5.82 Å². The summed E-state index contributed by atoms with van der Waals surface area (Å²) in [5.41, 5.74) is 5.49. The van der Waals surface area contributed by atoms with Gasteiger partial charge < -0.3 is 19.5 Å². The molecule has 0 saturated carbocycles. The monoisotopic (exact) mass is 509 g/mol. The lowest BCUT2D eigenvalue weighted by molar-refractivity contribution is 0.146. The number of methoxy groups -OCH3 is 1. The van der Waals surface area contributed by atoms with Gasteiger partial charge in [0.2, 0.25) is 0 Å². The molecular formula is C31H47N3O3. The molecule has 1 aromatic heterocycles. The van der Waals surface area contributed by atoms with Gasteiger partial charge in [0.15, 0.2) is 11.6 Å². The number of nitrogens with zero attached hydrogens (tertiary/aromatic N) is 3. The van der Waals surface area contributed by atoms with Crippen molar-refractivity contribution in [1.29, 1.82) is 0 Å². The Morgan fingerprint density at radius 3 is 2.30 bits per heavy atom. The molecule has 2 aromatic rings. The van der Waals surface area contributed by atoms with Gasteiger partial charge in [0.1, 0.15) is 6.61 Å². The summed E-state index contributed by atoms with van der Waals surface area (Å²) in [5, 5.41) is 9.03. The Bertz CT molecular complexity index is 1030. The maximum Gasteiger partial charge on any atom is 0.172 e. The van der Waals surface area contributed by atoms with Gasteiger partial charge in [-0.1, -0.05) is 39.8 Å². The van der Waals surface area contributed by atoms with Crippen LogP contribution in [0.15, 0.2) is 30.3 Å². The smallest absolute Gasteiger partial charge is 0.172 e. The number of aliphatic hydroxyl groups excluding tert-OH is 1. The summed E-state index contributed by atoms with van der Waals surface area (Å²) in [7, 11) is 1.70. The highest BCUT2D eigenvalue weighted by Gasteiger charge is 2.37. The van der Waals surface area contributed by atoms with Crippen LogP contribution in [-0.4, -0.2) is 74.6 Å². The first-order valence-electron chi connectivity index (χ1n) is 14.1. The number of aliphatic hydroxyl groups is 1. The Morgan fingerprint density at radius 1 is 0.865 bits per heavy atom. The molecule has 0 radical (unpaired) electrons. The van der Waals surface area contributed by atoms with Crippen LogP contribution in [0.2, 0.25) is 0 Å². The molecule has 1 aliphatic carbocycles. The van der Waals surface area contributed by atoms with Crippen LogP contribution in [0.4, 0.5) is 5.82 Å². The van der Waals surface area contributed by atoms with Gasteiger partial charge >= 0.3 is 0 Å². The van der Waals surface area contributed by atoms with E-state index in [1.807, 2.05) is 0 Å². The standard InChI is InChI=1S/C31H47N3O3/c1-30(2)13-14-31(3,4)26-23-24(9-10-25(26)30)27-11-12-28(37-22-21-36-5)29(32-27)34-18-16-33(17-19-34)15-7-6-8-20-35/h9-12,23,35H,6-8,13-22H2,1-5H3. The van der Waals surface area contributed by atoms with Crippen LogP contribution in [0.5, 0.6) is 5.75 Å². The molecule has 1 N–H and O–H groups in total. The number of piperazine rings is 1. The van der Waals surface area contributed by atoms with Gasteiger partial charge in [0.25, 0.3) is 0 Å². The third-order valence-corrected chi connectivity index (χ3v) is 8.34. The number of rotatable bonds is 11. The van der Waals surface area contributed by atoms with Crippen molar-refractivity contribution in [3.63, 3.8) is 0 Å². The molecule has 0 spiro atoms. The Morgan fingerprint density at radius 2 is 1.59 bits per heavy atom. The van der Waals surface area contributed by atoms with E-state index in [-0.39, 0.29) is 10.8 Å². The molecule has 1 aliphatic heterocycles. The quantitative estimate of drug-likeness (QED) is 0.409. The van der Waals surface area contributed by atoms with E-state index in [1.54, 1.807) is 7.11 Å². The summed E-state index contributed by atoms with van der Waals surface area (Å²) in [6.45, 7) is 15.8. The Hall–Kier alpha value is -2.15. The lowest BCUT2D eigenvalue weighted by Crippen LogP contribution is -2.47. The van der Waals surface area contributed by atoms with Gasteiger partial charge in [-0.25, -0.2) is 4.98 Å². The van der Waals surface area contributed by atoms with E-state index in [0.29, 0.717) is 19.8 Å². The highest BCUT2D eigenvalue weighted by atomic mass is 16.5. The van der Waals surface area contributed by atoms with Crippen LogP contribution in [0.3, 0.4) is 0 Å². The number of unbranched alkanes of at least 4 members (excludes halogenated alkanes) is 2. The molecule has 37 heavy (non-hydrogen) atoms. The summed E-state index contributed by atoms with van der Waals surface area (Å²) in [5.74, 6) is 1.77. The predicted octanol–water partition coefficient (Wildman–Crippen LogP) is 5.41. The number of pyridine rings is 1. The van der Waals surface area contributed by atoms with Crippen molar-refractivity contribution in [2.75, 3.05) is 64.6 Å². The number of benzene rings is 1. The maximum absolute atomic E-state index is 9.03. The third kappa shape index (κ3) is 6.65. The molecule has 2 heterocycles. The van der Waals surface area contributed by atoms with Crippen molar-refractivity contribution in [1.82, 2.24) is 9.88 Å². The number of anilines is 1.